The Morgan fingerprint density at radius 2 is 2.00 bits per heavy atom. The smallest absolute Gasteiger partial charge is 0.317 e. The predicted octanol–water partition coefficient (Wildman–Crippen LogP) is 1.91. The Labute approximate surface area is 146 Å². The van der Waals surface area contributed by atoms with Gasteiger partial charge >= 0.3 is 6.03 Å². The molecule has 0 aromatic carbocycles. The highest BCUT2D eigenvalue weighted by molar-refractivity contribution is 5.79. The normalized spacial score (nSPS) is 15.0. The standard InChI is InChI=1S/C18H22N4O3/c23-17(20-12-16-3-1-2-7-19-16)15-4-8-22(9-5-15)18(24)21-11-14-6-10-25-13-14/h1-3,6-7,10,13,15H,4-5,8-9,11-12H2,(H,20,23)(H,21,24). The van der Waals surface area contributed by atoms with Crippen LogP contribution in [0.3, 0.4) is 0 Å². The van der Waals surface area contributed by atoms with Crippen LogP contribution in [0.1, 0.15) is 24.1 Å². The van der Waals surface area contributed by atoms with Crippen molar-refractivity contribution in [2.45, 2.75) is 25.9 Å². The summed E-state index contributed by atoms with van der Waals surface area (Å²) in [4.78, 5) is 30.4. The summed E-state index contributed by atoms with van der Waals surface area (Å²) in [5.74, 6) is -0.0225. The molecule has 0 atom stereocenters. The quantitative estimate of drug-likeness (QED) is 0.869. The van der Waals surface area contributed by atoms with Crippen LogP contribution < -0.4 is 10.6 Å². The van der Waals surface area contributed by atoms with E-state index in [0.717, 1.165) is 11.3 Å². The van der Waals surface area contributed by atoms with Crippen LogP contribution in [0.15, 0.2) is 47.4 Å². The van der Waals surface area contributed by atoms with Crippen molar-refractivity contribution in [3.05, 3.63) is 54.2 Å². The van der Waals surface area contributed by atoms with Gasteiger partial charge in [-0.15, -0.1) is 0 Å². The third kappa shape index (κ3) is 4.82. The number of pyridine rings is 1. The van der Waals surface area contributed by atoms with Crippen LogP contribution in [0.5, 0.6) is 0 Å². The van der Waals surface area contributed by atoms with E-state index < -0.39 is 0 Å². The highest BCUT2D eigenvalue weighted by atomic mass is 16.3. The van der Waals surface area contributed by atoms with Crippen molar-refractivity contribution in [3.63, 3.8) is 0 Å². The fourth-order valence-corrected chi connectivity index (χ4v) is 2.85. The van der Waals surface area contributed by atoms with E-state index in [2.05, 4.69) is 15.6 Å². The van der Waals surface area contributed by atoms with Crippen molar-refractivity contribution in [1.29, 1.82) is 0 Å². The molecular weight excluding hydrogens is 320 g/mol. The van der Waals surface area contributed by atoms with Gasteiger partial charge in [0.15, 0.2) is 0 Å². The monoisotopic (exact) mass is 342 g/mol. The summed E-state index contributed by atoms with van der Waals surface area (Å²) >= 11 is 0. The Bertz CT molecular complexity index is 680. The summed E-state index contributed by atoms with van der Waals surface area (Å²) in [5.41, 5.74) is 1.77. The Morgan fingerprint density at radius 1 is 1.16 bits per heavy atom. The number of nitrogens with one attached hydrogen (secondary N) is 2. The maximum Gasteiger partial charge on any atom is 0.317 e. The van der Waals surface area contributed by atoms with E-state index in [1.807, 2.05) is 24.3 Å². The van der Waals surface area contributed by atoms with Crippen LogP contribution in [0, 0.1) is 5.92 Å². The van der Waals surface area contributed by atoms with E-state index in [4.69, 9.17) is 4.42 Å². The highest BCUT2D eigenvalue weighted by Gasteiger charge is 2.27. The Balaban J connectivity index is 1.38. The average Bonchev–Trinajstić information content (AvgIpc) is 3.19. The van der Waals surface area contributed by atoms with Gasteiger partial charge in [0.25, 0.3) is 0 Å². The molecule has 0 unspecified atom stereocenters. The molecule has 7 nitrogen and oxygen atoms in total. The summed E-state index contributed by atoms with van der Waals surface area (Å²) in [6.45, 7) is 2.04. The maximum absolute atomic E-state index is 12.3. The summed E-state index contributed by atoms with van der Waals surface area (Å²) < 4.78 is 4.97. The van der Waals surface area contributed by atoms with Crippen LogP contribution in [-0.2, 0) is 17.9 Å². The second-order valence-corrected chi connectivity index (χ2v) is 6.09. The lowest BCUT2D eigenvalue weighted by Gasteiger charge is -2.31. The molecule has 0 radical (unpaired) electrons. The molecule has 1 fully saturated rings. The van der Waals surface area contributed by atoms with Gasteiger partial charge in [-0.25, -0.2) is 4.79 Å². The minimum atomic E-state index is -0.103. The largest absolute Gasteiger partial charge is 0.472 e. The molecule has 3 amide bonds. The molecule has 7 heteroatoms. The minimum Gasteiger partial charge on any atom is -0.472 e. The average molecular weight is 342 g/mol. The fourth-order valence-electron chi connectivity index (χ4n) is 2.85. The number of carbonyl (C=O) groups is 2. The number of furan rings is 1. The van der Waals surface area contributed by atoms with Crippen LogP contribution in [-0.4, -0.2) is 34.9 Å². The molecule has 0 aliphatic carbocycles. The van der Waals surface area contributed by atoms with Crippen LogP contribution in [0.25, 0.3) is 0 Å². The molecule has 2 aromatic rings. The van der Waals surface area contributed by atoms with E-state index >= 15 is 0 Å². The highest BCUT2D eigenvalue weighted by Crippen LogP contribution is 2.17. The third-order valence-corrected chi connectivity index (χ3v) is 4.35. The first-order chi connectivity index (χ1) is 12.2. The van der Waals surface area contributed by atoms with Crippen molar-refractivity contribution in [3.8, 4) is 0 Å². The molecule has 1 saturated heterocycles. The third-order valence-electron chi connectivity index (χ3n) is 4.35. The van der Waals surface area contributed by atoms with Gasteiger partial charge in [0.05, 0.1) is 24.8 Å². The molecule has 1 aliphatic rings. The second kappa shape index (κ2) is 8.32. The number of likely N-dealkylation sites (tertiary alicyclic amines) is 1. The molecule has 0 bridgehead atoms. The van der Waals surface area contributed by atoms with E-state index in [-0.39, 0.29) is 17.9 Å². The number of hydrogen-bond donors (Lipinski definition) is 2. The molecule has 3 heterocycles. The van der Waals surface area contributed by atoms with Gasteiger partial charge in [-0.05, 0) is 31.0 Å². The van der Waals surface area contributed by atoms with Gasteiger partial charge < -0.3 is 20.0 Å². The molecule has 2 aromatic heterocycles. The summed E-state index contributed by atoms with van der Waals surface area (Å²) in [6.07, 6.45) is 6.25. The zero-order valence-electron chi connectivity index (χ0n) is 14.0. The molecule has 25 heavy (non-hydrogen) atoms. The fraction of sp³-hybridized carbons (Fsp3) is 0.389. The first kappa shape index (κ1) is 17.0. The summed E-state index contributed by atoms with van der Waals surface area (Å²) in [6, 6.07) is 7.34. The number of amides is 3. The number of nitrogens with zero attached hydrogens (tertiary/aromatic N) is 2. The summed E-state index contributed by atoms with van der Waals surface area (Å²) in [7, 11) is 0. The Morgan fingerprint density at radius 3 is 2.68 bits per heavy atom. The Hall–Kier alpha value is -2.83. The lowest BCUT2D eigenvalue weighted by Crippen LogP contribution is -2.46. The van der Waals surface area contributed by atoms with Crippen LogP contribution in [0.4, 0.5) is 4.79 Å². The van der Waals surface area contributed by atoms with Crippen molar-refractivity contribution in [1.82, 2.24) is 20.5 Å². The van der Waals surface area contributed by atoms with Gasteiger partial charge in [-0.3, -0.25) is 9.78 Å². The van der Waals surface area contributed by atoms with Crippen molar-refractivity contribution in [2.75, 3.05) is 13.1 Å². The number of urea groups is 1. The maximum atomic E-state index is 12.3. The van der Waals surface area contributed by atoms with Gasteiger partial charge in [-0.2, -0.15) is 0 Å². The van der Waals surface area contributed by atoms with Gasteiger partial charge in [0.1, 0.15) is 0 Å². The predicted molar refractivity (Wildman–Crippen MR) is 91.3 cm³/mol. The van der Waals surface area contributed by atoms with Gasteiger partial charge in [0.2, 0.25) is 5.91 Å². The lowest BCUT2D eigenvalue weighted by molar-refractivity contribution is -0.126. The first-order valence-electron chi connectivity index (χ1n) is 8.44. The first-order valence-corrected chi connectivity index (χ1v) is 8.44. The molecule has 0 saturated carbocycles. The van der Waals surface area contributed by atoms with E-state index in [9.17, 15) is 9.59 Å². The van der Waals surface area contributed by atoms with E-state index in [0.29, 0.717) is 39.0 Å². The van der Waals surface area contributed by atoms with Gasteiger partial charge in [0, 0.05) is 37.3 Å². The molecule has 1 aliphatic heterocycles. The zero-order chi connectivity index (χ0) is 17.5. The topological polar surface area (TPSA) is 87.5 Å². The van der Waals surface area contributed by atoms with E-state index in [1.165, 1.54) is 0 Å². The van der Waals surface area contributed by atoms with Crippen molar-refractivity contribution in [2.24, 2.45) is 5.92 Å². The summed E-state index contributed by atoms with van der Waals surface area (Å²) in [5, 5.41) is 5.79. The number of piperidine rings is 1. The van der Waals surface area contributed by atoms with E-state index in [1.54, 1.807) is 23.6 Å². The lowest BCUT2D eigenvalue weighted by atomic mass is 9.96. The molecular formula is C18H22N4O3. The van der Waals surface area contributed by atoms with Crippen molar-refractivity contribution < 1.29 is 14.0 Å². The number of rotatable bonds is 5. The minimum absolute atomic E-state index is 0.0316. The van der Waals surface area contributed by atoms with Gasteiger partial charge in [-0.1, -0.05) is 6.07 Å². The number of hydrogen-bond acceptors (Lipinski definition) is 4. The van der Waals surface area contributed by atoms with Crippen LogP contribution >= 0.6 is 0 Å². The van der Waals surface area contributed by atoms with Crippen LogP contribution in [0.2, 0.25) is 0 Å². The Kier molecular flexibility index (Phi) is 5.66. The molecule has 0 spiro atoms. The zero-order valence-corrected chi connectivity index (χ0v) is 14.0. The number of carbonyl (C=O) groups excluding carboxylic acids is 2. The van der Waals surface area contributed by atoms with Crippen molar-refractivity contribution >= 4 is 11.9 Å². The number of aromatic nitrogens is 1. The molecule has 2 N–H and O–H groups in total. The molecule has 3 rings (SSSR count). The second-order valence-electron chi connectivity index (χ2n) is 6.09. The SMILES string of the molecule is O=C(NCc1ccccn1)C1CCN(C(=O)NCc2ccoc2)CC1. The molecule has 132 valence electrons.